The van der Waals surface area contributed by atoms with Crippen LogP contribution in [-0.2, 0) is 9.59 Å². The van der Waals surface area contributed by atoms with Crippen LogP contribution >= 0.6 is 0 Å². The van der Waals surface area contributed by atoms with E-state index < -0.39 is 17.9 Å². The van der Waals surface area contributed by atoms with Crippen molar-refractivity contribution in [2.45, 2.75) is 19.3 Å². The molecule has 0 spiro atoms. The minimum absolute atomic E-state index is 0.316. The maximum Gasteiger partial charge on any atom is 0.307 e. The molecule has 0 saturated carbocycles. The van der Waals surface area contributed by atoms with E-state index in [2.05, 4.69) is 6.58 Å². The van der Waals surface area contributed by atoms with Crippen molar-refractivity contribution in [3.8, 4) is 0 Å². The number of allylic oxidation sites excluding steroid dienone is 1. The molecule has 4 heteroatoms. The standard InChI is InChI=1S/C8H12O4/c1-2-3-4-6(8(11)12)5-7(9)10/h2,6H,1,3-5H2,(H,9,10)(H,11,12). The highest BCUT2D eigenvalue weighted by molar-refractivity contribution is 5.77. The average Bonchev–Trinajstić information content (AvgIpc) is 1.96. The Morgan fingerprint density at radius 3 is 2.33 bits per heavy atom. The number of rotatable bonds is 6. The number of carboxylic acid groups (broad SMARTS) is 2. The highest BCUT2D eigenvalue weighted by Gasteiger charge is 2.19. The second kappa shape index (κ2) is 5.35. The summed E-state index contributed by atoms with van der Waals surface area (Å²) in [6.45, 7) is 3.43. The molecule has 0 aliphatic carbocycles. The summed E-state index contributed by atoms with van der Waals surface area (Å²) < 4.78 is 0. The molecule has 0 saturated heterocycles. The molecule has 1 atom stereocenters. The summed E-state index contributed by atoms with van der Waals surface area (Å²) in [5.74, 6) is -2.92. The zero-order valence-corrected chi connectivity index (χ0v) is 6.69. The largest absolute Gasteiger partial charge is 0.481 e. The van der Waals surface area contributed by atoms with Gasteiger partial charge in [0.2, 0.25) is 0 Å². The molecule has 2 N–H and O–H groups in total. The first-order valence-electron chi connectivity index (χ1n) is 3.63. The third-order valence-electron chi connectivity index (χ3n) is 1.49. The molecule has 4 nitrogen and oxygen atoms in total. The minimum atomic E-state index is -1.08. The van der Waals surface area contributed by atoms with Gasteiger partial charge in [0.1, 0.15) is 0 Å². The van der Waals surface area contributed by atoms with Crippen molar-refractivity contribution in [3.63, 3.8) is 0 Å². The van der Waals surface area contributed by atoms with E-state index in [1.54, 1.807) is 6.08 Å². The first-order valence-corrected chi connectivity index (χ1v) is 3.63. The van der Waals surface area contributed by atoms with Gasteiger partial charge in [-0.05, 0) is 12.8 Å². The molecule has 0 radical (unpaired) electrons. The van der Waals surface area contributed by atoms with Crippen molar-refractivity contribution in [3.05, 3.63) is 12.7 Å². The molecule has 0 rings (SSSR count). The first kappa shape index (κ1) is 10.7. The number of carboxylic acids is 2. The van der Waals surface area contributed by atoms with Gasteiger partial charge in [0.15, 0.2) is 0 Å². The smallest absolute Gasteiger partial charge is 0.307 e. The van der Waals surface area contributed by atoms with Crippen molar-refractivity contribution < 1.29 is 19.8 Å². The van der Waals surface area contributed by atoms with Crippen LogP contribution < -0.4 is 0 Å². The molecule has 0 bridgehead atoms. The molecule has 0 fully saturated rings. The Morgan fingerprint density at radius 2 is 2.00 bits per heavy atom. The number of carbonyl (C=O) groups is 2. The fraction of sp³-hybridized carbons (Fsp3) is 0.500. The summed E-state index contributed by atoms with van der Waals surface area (Å²) in [6, 6.07) is 0. The minimum Gasteiger partial charge on any atom is -0.481 e. The van der Waals surface area contributed by atoms with Crippen LogP contribution in [0.2, 0.25) is 0 Å². The maximum absolute atomic E-state index is 10.4. The Morgan fingerprint density at radius 1 is 1.42 bits per heavy atom. The van der Waals surface area contributed by atoms with E-state index in [0.29, 0.717) is 12.8 Å². The fourth-order valence-electron chi connectivity index (χ4n) is 0.843. The van der Waals surface area contributed by atoms with Gasteiger partial charge in [0.05, 0.1) is 12.3 Å². The maximum atomic E-state index is 10.4. The predicted molar refractivity (Wildman–Crippen MR) is 42.8 cm³/mol. The topological polar surface area (TPSA) is 74.6 Å². The molecule has 0 aromatic rings. The van der Waals surface area contributed by atoms with Crippen LogP contribution in [0.25, 0.3) is 0 Å². The Bertz CT molecular complexity index is 185. The van der Waals surface area contributed by atoms with Gasteiger partial charge in [-0.15, -0.1) is 6.58 Å². The van der Waals surface area contributed by atoms with E-state index in [4.69, 9.17) is 10.2 Å². The van der Waals surface area contributed by atoms with Gasteiger partial charge in [0.25, 0.3) is 0 Å². The molecule has 0 aliphatic rings. The molecule has 0 amide bonds. The molecule has 68 valence electrons. The lowest BCUT2D eigenvalue weighted by Gasteiger charge is -2.06. The van der Waals surface area contributed by atoms with E-state index in [9.17, 15) is 9.59 Å². The van der Waals surface area contributed by atoms with Gasteiger partial charge in [-0.1, -0.05) is 6.08 Å². The predicted octanol–water partition coefficient (Wildman–Crippen LogP) is 1.13. The lowest BCUT2D eigenvalue weighted by molar-refractivity contribution is -0.148. The number of hydrogen-bond acceptors (Lipinski definition) is 2. The molecule has 12 heavy (non-hydrogen) atoms. The van der Waals surface area contributed by atoms with E-state index in [1.807, 2.05) is 0 Å². The summed E-state index contributed by atoms with van der Waals surface area (Å²) in [7, 11) is 0. The van der Waals surface area contributed by atoms with Crippen LogP contribution in [0.4, 0.5) is 0 Å². The molecule has 1 unspecified atom stereocenters. The van der Waals surface area contributed by atoms with Gasteiger partial charge in [-0.2, -0.15) is 0 Å². The van der Waals surface area contributed by atoms with Crippen LogP contribution in [0.5, 0.6) is 0 Å². The highest BCUT2D eigenvalue weighted by atomic mass is 16.4. The fourth-order valence-corrected chi connectivity index (χ4v) is 0.843. The van der Waals surface area contributed by atoms with Crippen molar-refractivity contribution in [1.29, 1.82) is 0 Å². The summed E-state index contributed by atoms with van der Waals surface area (Å²) in [5.41, 5.74) is 0. The SMILES string of the molecule is C=CCCC(CC(=O)O)C(=O)O. The van der Waals surface area contributed by atoms with Gasteiger partial charge in [-0.25, -0.2) is 0 Å². The second-order valence-electron chi connectivity index (χ2n) is 2.50. The lowest BCUT2D eigenvalue weighted by Crippen LogP contribution is -2.17. The summed E-state index contributed by atoms with van der Waals surface area (Å²) in [6.07, 6.45) is 2.14. The Kier molecular flexibility index (Phi) is 4.76. The zero-order chi connectivity index (χ0) is 9.56. The van der Waals surface area contributed by atoms with Crippen molar-refractivity contribution in [1.82, 2.24) is 0 Å². The number of aliphatic carboxylic acids is 2. The molecular weight excluding hydrogens is 160 g/mol. The van der Waals surface area contributed by atoms with E-state index in [-0.39, 0.29) is 6.42 Å². The van der Waals surface area contributed by atoms with Crippen molar-refractivity contribution in [2.24, 2.45) is 5.92 Å². The molecule has 0 aromatic carbocycles. The molecular formula is C8H12O4. The average molecular weight is 172 g/mol. The third-order valence-corrected chi connectivity index (χ3v) is 1.49. The van der Waals surface area contributed by atoms with Crippen molar-refractivity contribution in [2.75, 3.05) is 0 Å². The number of hydrogen-bond donors (Lipinski definition) is 2. The first-order chi connectivity index (χ1) is 5.57. The van der Waals surface area contributed by atoms with E-state index in [1.165, 1.54) is 0 Å². The van der Waals surface area contributed by atoms with Crippen molar-refractivity contribution >= 4 is 11.9 Å². The normalized spacial score (nSPS) is 12.0. The Hall–Kier alpha value is -1.32. The van der Waals surface area contributed by atoms with Gasteiger partial charge >= 0.3 is 11.9 Å². The van der Waals surface area contributed by atoms with Gasteiger partial charge in [0, 0.05) is 0 Å². The summed E-state index contributed by atoms with van der Waals surface area (Å²) >= 11 is 0. The van der Waals surface area contributed by atoms with Crippen LogP contribution in [-0.4, -0.2) is 22.2 Å². The quantitative estimate of drug-likeness (QED) is 0.589. The molecule has 0 heterocycles. The second-order valence-corrected chi connectivity index (χ2v) is 2.50. The van der Waals surface area contributed by atoms with E-state index in [0.717, 1.165) is 0 Å². The molecule has 0 aromatic heterocycles. The molecule has 0 aliphatic heterocycles. The van der Waals surface area contributed by atoms with Crippen LogP contribution in [0, 0.1) is 5.92 Å². The summed E-state index contributed by atoms with van der Waals surface area (Å²) in [5, 5.41) is 16.9. The van der Waals surface area contributed by atoms with Gasteiger partial charge < -0.3 is 10.2 Å². The lowest BCUT2D eigenvalue weighted by atomic mass is 10.00. The monoisotopic (exact) mass is 172 g/mol. The van der Waals surface area contributed by atoms with Crippen LogP contribution in [0.1, 0.15) is 19.3 Å². The van der Waals surface area contributed by atoms with Gasteiger partial charge in [-0.3, -0.25) is 9.59 Å². The Labute approximate surface area is 70.5 Å². The van der Waals surface area contributed by atoms with Crippen LogP contribution in [0.15, 0.2) is 12.7 Å². The van der Waals surface area contributed by atoms with E-state index >= 15 is 0 Å². The third kappa shape index (κ3) is 4.49. The Balaban J connectivity index is 3.94. The zero-order valence-electron chi connectivity index (χ0n) is 6.69. The highest BCUT2D eigenvalue weighted by Crippen LogP contribution is 2.11. The summed E-state index contributed by atoms with van der Waals surface area (Å²) in [4.78, 5) is 20.6. The van der Waals surface area contributed by atoms with Crippen LogP contribution in [0.3, 0.4) is 0 Å².